The fraction of sp³-hybridized carbons (Fsp3) is 0.312. The van der Waals surface area contributed by atoms with E-state index >= 15 is 0 Å². The monoisotopic (exact) mass is 271 g/mol. The summed E-state index contributed by atoms with van der Waals surface area (Å²) in [6.45, 7) is 6.32. The third-order valence-corrected chi connectivity index (χ3v) is 3.26. The first kappa shape index (κ1) is 14.1. The van der Waals surface area contributed by atoms with E-state index in [0.717, 1.165) is 11.4 Å². The summed E-state index contributed by atoms with van der Waals surface area (Å²) in [4.78, 5) is 4.58. The summed E-state index contributed by atoms with van der Waals surface area (Å²) in [5.41, 5.74) is 8.40. The lowest BCUT2D eigenvalue weighted by Gasteiger charge is -2.08. The van der Waals surface area contributed by atoms with Crippen molar-refractivity contribution in [2.75, 3.05) is 5.73 Å². The molecule has 1 heterocycles. The quantitative estimate of drug-likeness (QED) is 0.870. The summed E-state index contributed by atoms with van der Waals surface area (Å²) < 4.78 is 15.3. The number of aromatic nitrogens is 2. The number of nitrogens with zero attached hydrogens (tertiary/aromatic N) is 2. The molecule has 0 amide bonds. The number of nitrogen functional groups attached to an aromatic ring is 1. The van der Waals surface area contributed by atoms with E-state index in [0.29, 0.717) is 23.6 Å². The van der Waals surface area contributed by atoms with Crippen LogP contribution in [0.1, 0.15) is 31.2 Å². The normalized spacial score (nSPS) is 10.8. The van der Waals surface area contributed by atoms with Crippen molar-refractivity contribution in [1.29, 1.82) is 0 Å². The number of benzene rings is 1. The molecule has 0 radical (unpaired) electrons. The highest BCUT2D eigenvalue weighted by Gasteiger charge is 2.19. The molecule has 3 nitrogen and oxygen atoms in total. The van der Waals surface area contributed by atoms with Gasteiger partial charge >= 0.3 is 0 Å². The van der Waals surface area contributed by atoms with E-state index < -0.39 is 0 Å². The van der Waals surface area contributed by atoms with Crippen LogP contribution in [0.25, 0.3) is 11.3 Å². The first-order valence-electron chi connectivity index (χ1n) is 6.51. The molecule has 20 heavy (non-hydrogen) atoms. The summed E-state index contributed by atoms with van der Waals surface area (Å²) in [6, 6.07) is 4.61. The molecule has 0 spiro atoms. The maximum Gasteiger partial charge on any atom is 0.132 e. The molecule has 2 rings (SSSR count). The number of hydrogen-bond acceptors (Lipinski definition) is 2. The summed E-state index contributed by atoms with van der Waals surface area (Å²) >= 11 is 0. The zero-order valence-electron chi connectivity index (χ0n) is 11.9. The van der Waals surface area contributed by atoms with Crippen molar-refractivity contribution in [2.24, 2.45) is 0 Å². The third kappa shape index (κ3) is 2.39. The van der Waals surface area contributed by atoms with Crippen LogP contribution in [-0.4, -0.2) is 9.55 Å². The van der Waals surface area contributed by atoms with Crippen LogP contribution in [-0.2, 0) is 6.54 Å². The Balaban J connectivity index is 2.66. The highest BCUT2D eigenvalue weighted by molar-refractivity contribution is 5.74. The molecule has 0 aliphatic rings. The molecule has 0 aliphatic heterocycles. The average molecular weight is 271 g/mol. The molecule has 1 aromatic carbocycles. The number of nitrogens with two attached hydrogens (primary N) is 1. The van der Waals surface area contributed by atoms with Gasteiger partial charge in [0.1, 0.15) is 23.2 Å². The van der Waals surface area contributed by atoms with Crippen LogP contribution in [0.3, 0.4) is 0 Å². The van der Waals surface area contributed by atoms with Gasteiger partial charge in [0.25, 0.3) is 0 Å². The van der Waals surface area contributed by atoms with Crippen molar-refractivity contribution in [3.63, 3.8) is 0 Å². The van der Waals surface area contributed by atoms with Gasteiger partial charge in [-0.3, -0.25) is 0 Å². The number of hydrogen-bond donors (Lipinski definition) is 1. The zero-order chi connectivity index (χ0) is 14.9. The highest BCUT2D eigenvalue weighted by Crippen LogP contribution is 2.31. The molecule has 0 atom stereocenters. The van der Waals surface area contributed by atoms with Crippen LogP contribution >= 0.6 is 0 Å². The fourth-order valence-corrected chi connectivity index (χ4v) is 2.23. The first-order valence-corrected chi connectivity index (χ1v) is 6.51. The Hall–Kier alpha value is -2.28. The molecule has 4 heteroatoms. The highest BCUT2D eigenvalue weighted by atomic mass is 19.1. The summed E-state index contributed by atoms with van der Waals surface area (Å²) in [7, 11) is 0. The second kappa shape index (κ2) is 5.38. The van der Waals surface area contributed by atoms with Crippen molar-refractivity contribution in [3.05, 3.63) is 35.4 Å². The lowest BCUT2D eigenvalue weighted by Crippen LogP contribution is -2.07. The minimum Gasteiger partial charge on any atom is -0.383 e. The number of imidazole rings is 1. The predicted molar refractivity (Wildman–Crippen MR) is 79.7 cm³/mol. The lowest BCUT2D eigenvalue weighted by atomic mass is 10.1. The zero-order valence-corrected chi connectivity index (χ0v) is 11.9. The van der Waals surface area contributed by atoms with Gasteiger partial charge in [-0.05, 0) is 24.6 Å². The second-order valence-electron chi connectivity index (χ2n) is 5.11. The predicted octanol–water partition coefficient (Wildman–Crippen LogP) is 3.34. The molecular weight excluding hydrogens is 253 g/mol. The molecule has 0 bridgehead atoms. The molecule has 0 unspecified atom stereocenters. The van der Waals surface area contributed by atoms with Crippen molar-refractivity contribution >= 4 is 5.82 Å². The van der Waals surface area contributed by atoms with Crippen LogP contribution in [0.2, 0.25) is 0 Å². The Kier molecular flexibility index (Phi) is 3.80. The maximum atomic E-state index is 13.5. The first-order chi connectivity index (χ1) is 9.45. The summed E-state index contributed by atoms with van der Waals surface area (Å²) in [6.07, 6.45) is 5.39. The largest absolute Gasteiger partial charge is 0.383 e. The Labute approximate surface area is 118 Å². The van der Waals surface area contributed by atoms with Crippen LogP contribution in [0.15, 0.2) is 18.2 Å². The van der Waals surface area contributed by atoms with E-state index in [4.69, 9.17) is 12.2 Å². The molecule has 2 aromatic rings. The van der Waals surface area contributed by atoms with E-state index in [1.165, 1.54) is 12.1 Å². The molecule has 0 saturated heterocycles. The SMILES string of the molecule is C#CCn1c(C(C)C)nc(-c2cc(F)ccc2C)c1N. The average Bonchev–Trinajstić information content (AvgIpc) is 2.71. The molecule has 0 fully saturated rings. The van der Waals surface area contributed by atoms with Gasteiger partial charge in [-0.15, -0.1) is 6.42 Å². The lowest BCUT2D eigenvalue weighted by molar-refractivity contribution is 0.628. The standard InChI is InChI=1S/C16H18FN3/c1-5-8-20-15(18)14(19-16(20)10(2)3)13-9-12(17)7-6-11(13)4/h1,6-7,9-10H,8,18H2,2-4H3. The van der Waals surface area contributed by atoms with E-state index in [-0.39, 0.29) is 11.7 Å². The molecule has 104 valence electrons. The summed E-state index contributed by atoms with van der Waals surface area (Å²) in [5.74, 6) is 3.77. The van der Waals surface area contributed by atoms with E-state index in [1.54, 1.807) is 6.07 Å². The van der Waals surface area contributed by atoms with Crippen LogP contribution in [0.5, 0.6) is 0 Å². The minimum atomic E-state index is -0.303. The van der Waals surface area contributed by atoms with Crippen molar-refractivity contribution in [3.8, 4) is 23.6 Å². The van der Waals surface area contributed by atoms with E-state index in [9.17, 15) is 4.39 Å². The number of aryl methyl sites for hydroxylation is 1. The van der Waals surface area contributed by atoms with Crippen LogP contribution in [0, 0.1) is 25.1 Å². The topological polar surface area (TPSA) is 43.8 Å². The molecule has 0 saturated carbocycles. The molecule has 1 aromatic heterocycles. The van der Waals surface area contributed by atoms with E-state index in [2.05, 4.69) is 10.9 Å². The van der Waals surface area contributed by atoms with Gasteiger partial charge < -0.3 is 10.3 Å². The van der Waals surface area contributed by atoms with Gasteiger partial charge in [0.05, 0.1) is 6.54 Å². The molecule has 0 aliphatic carbocycles. The van der Waals surface area contributed by atoms with Crippen molar-refractivity contribution < 1.29 is 4.39 Å². The molecular formula is C16H18FN3. The van der Waals surface area contributed by atoms with Crippen molar-refractivity contribution in [1.82, 2.24) is 9.55 Å². The number of anilines is 1. The van der Waals surface area contributed by atoms with Crippen molar-refractivity contribution in [2.45, 2.75) is 33.2 Å². The third-order valence-electron chi connectivity index (χ3n) is 3.26. The van der Waals surface area contributed by atoms with Gasteiger partial charge in [0, 0.05) is 11.5 Å². The number of halogens is 1. The Morgan fingerprint density at radius 1 is 1.45 bits per heavy atom. The van der Waals surface area contributed by atoms with Gasteiger partial charge in [0.2, 0.25) is 0 Å². The van der Waals surface area contributed by atoms with Gasteiger partial charge in [-0.2, -0.15) is 0 Å². The second-order valence-corrected chi connectivity index (χ2v) is 5.11. The smallest absolute Gasteiger partial charge is 0.132 e. The Morgan fingerprint density at radius 3 is 2.75 bits per heavy atom. The van der Waals surface area contributed by atoms with Gasteiger partial charge in [-0.1, -0.05) is 25.8 Å². The Morgan fingerprint density at radius 2 is 2.15 bits per heavy atom. The minimum absolute atomic E-state index is 0.188. The van der Waals surface area contributed by atoms with Crippen LogP contribution < -0.4 is 5.73 Å². The number of rotatable bonds is 3. The summed E-state index contributed by atoms with van der Waals surface area (Å²) in [5, 5.41) is 0. The van der Waals surface area contributed by atoms with E-state index in [1.807, 2.05) is 25.3 Å². The van der Waals surface area contributed by atoms with Gasteiger partial charge in [-0.25, -0.2) is 9.37 Å². The van der Waals surface area contributed by atoms with Gasteiger partial charge in [0.15, 0.2) is 0 Å². The maximum absolute atomic E-state index is 13.5. The number of terminal acetylenes is 1. The van der Waals surface area contributed by atoms with Crippen LogP contribution in [0.4, 0.5) is 10.2 Å². The fourth-order valence-electron chi connectivity index (χ4n) is 2.23. The molecule has 2 N–H and O–H groups in total. The Bertz CT molecular complexity index is 678.